The Morgan fingerprint density at radius 2 is 1.89 bits per heavy atom. The molecule has 0 saturated heterocycles. The molecule has 0 aliphatic carbocycles. The second-order valence-corrected chi connectivity index (χ2v) is 4.55. The number of hydrogen-bond acceptors (Lipinski definition) is 3. The van der Waals surface area contributed by atoms with E-state index in [1.54, 1.807) is 6.92 Å². The van der Waals surface area contributed by atoms with E-state index >= 15 is 0 Å². The maximum Gasteiger partial charge on any atom is 0.451 e. The van der Waals surface area contributed by atoms with Gasteiger partial charge >= 0.3 is 6.18 Å². The lowest BCUT2D eigenvalue weighted by atomic mass is 10.2. The van der Waals surface area contributed by atoms with E-state index in [9.17, 15) is 13.2 Å². The first-order valence-corrected chi connectivity index (χ1v) is 6.06. The molecule has 1 aromatic heterocycles. The number of fused-ring (bicyclic) bond motifs is 1. The maximum absolute atomic E-state index is 12.7. The van der Waals surface area contributed by atoms with Crippen LogP contribution in [0.15, 0.2) is 12.1 Å². The first kappa shape index (κ1) is 14.1. The summed E-state index contributed by atoms with van der Waals surface area (Å²) in [6, 6.07) is 2.81. The number of rotatable bonds is 2. The summed E-state index contributed by atoms with van der Waals surface area (Å²) in [5.41, 5.74) is 0.0179. The van der Waals surface area contributed by atoms with Crippen molar-refractivity contribution in [2.24, 2.45) is 0 Å². The van der Waals surface area contributed by atoms with Crippen molar-refractivity contribution in [3.63, 3.8) is 0 Å². The molecule has 0 bridgehead atoms. The van der Waals surface area contributed by atoms with Crippen molar-refractivity contribution in [3.8, 4) is 0 Å². The van der Waals surface area contributed by atoms with Crippen molar-refractivity contribution in [2.45, 2.75) is 13.1 Å². The number of halogens is 5. The van der Waals surface area contributed by atoms with Crippen molar-refractivity contribution < 1.29 is 13.2 Å². The van der Waals surface area contributed by atoms with Gasteiger partial charge in [0.05, 0.1) is 10.5 Å². The van der Waals surface area contributed by atoms with Crippen LogP contribution in [0.25, 0.3) is 10.9 Å². The van der Waals surface area contributed by atoms with E-state index in [1.807, 2.05) is 0 Å². The molecule has 0 amide bonds. The Labute approximate surface area is 116 Å². The van der Waals surface area contributed by atoms with Crippen LogP contribution in [-0.2, 0) is 6.18 Å². The number of nitrogens with zero attached hydrogens (tertiary/aromatic N) is 2. The third kappa shape index (κ3) is 2.84. The van der Waals surface area contributed by atoms with Gasteiger partial charge in [-0.05, 0) is 19.1 Å². The largest absolute Gasteiger partial charge is 0.451 e. The minimum absolute atomic E-state index is 0.0179. The Bertz CT molecular complexity index is 629. The fraction of sp³-hybridized carbons (Fsp3) is 0.273. The summed E-state index contributed by atoms with van der Waals surface area (Å²) in [4.78, 5) is 6.94. The third-order valence-electron chi connectivity index (χ3n) is 2.32. The summed E-state index contributed by atoms with van der Waals surface area (Å²) >= 11 is 11.7. The van der Waals surface area contributed by atoms with Crippen LogP contribution in [0, 0.1) is 0 Å². The Kier molecular flexibility index (Phi) is 3.73. The fourth-order valence-corrected chi connectivity index (χ4v) is 2.12. The molecule has 102 valence electrons. The van der Waals surface area contributed by atoms with Crippen molar-refractivity contribution >= 4 is 39.9 Å². The Balaban J connectivity index is 2.79. The summed E-state index contributed by atoms with van der Waals surface area (Å²) in [6.07, 6.45) is -4.64. The highest BCUT2D eigenvalue weighted by molar-refractivity contribution is 6.38. The topological polar surface area (TPSA) is 37.8 Å². The Morgan fingerprint density at radius 3 is 2.47 bits per heavy atom. The quantitative estimate of drug-likeness (QED) is 0.894. The van der Waals surface area contributed by atoms with E-state index in [0.29, 0.717) is 17.0 Å². The molecule has 2 aromatic rings. The average molecular weight is 310 g/mol. The van der Waals surface area contributed by atoms with Gasteiger partial charge in [0.15, 0.2) is 0 Å². The lowest BCUT2D eigenvalue weighted by molar-refractivity contribution is -0.144. The molecule has 0 aliphatic heterocycles. The van der Waals surface area contributed by atoms with Crippen LogP contribution in [0.2, 0.25) is 10.0 Å². The van der Waals surface area contributed by atoms with Gasteiger partial charge < -0.3 is 5.32 Å². The number of aromatic nitrogens is 2. The molecule has 0 saturated carbocycles. The molecule has 1 heterocycles. The highest BCUT2D eigenvalue weighted by atomic mass is 35.5. The summed E-state index contributed by atoms with van der Waals surface area (Å²) in [7, 11) is 0. The zero-order valence-electron chi connectivity index (χ0n) is 9.65. The minimum Gasteiger partial charge on any atom is -0.370 e. The molecule has 0 spiro atoms. The molecule has 8 heteroatoms. The monoisotopic (exact) mass is 309 g/mol. The molecule has 19 heavy (non-hydrogen) atoms. The number of alkyl halides is 3. The van der Waals surface area contributed by atoms with Crippen molar-refractivity contribution in [2.75, 3.05) is 11.9 Å². The molecule has 0 atom stereocenters. The van der Waals surface area contributed by atoms with Gasteiger partial charge in [-0.1, -0.05) is 23.2 Å². The molecule has 2 rings (SSSR count). The highest BCUT2D eigenvalue weighted by Crippen LogP contribution is 2.34. The van der Waals surface area contributed by atoms with E-state index in [4.69, 9.17) is 23.2 Å². The summed E-state index contributed by atoms with van der Waals surface area (Å²) in [6.45, 7) is 2.15. The first-order chi connectivity index (χ1) is 8.82. The van der Waals surface area contributed by atoms with Gasteiger partial charge in [0.25, 0.3) is 0 Å². The van der Waals surface area contributed by atoms with E-state index in [-0.39, 0.29) is 16.4 Å². The van der Waals surface area contributed by atoms with Gasteiger partial charge in [-0.15, -0.1) is 0 Å². The zero-order valence-corrected chi connectivity index (χ0v) is 11.2. The van der Waals surface area contributed by atoms with Crippen LogP contribution < -0.4 is 5.32 Å². The number of anilines is 1. The summed E-state index contributed by atoms with van der Waals surface area (Å²) in [5.74, 6) is -1.18. The van der Waals surface area contributed by atoms with Crippen LogP contribution in [0.1, 0.15) is 12.7 Å². The SMILES string of the molecule is CCNc1nc(C(F)(F)F)nc2c(Cl)cc(Cl)cc12. The van der Waals surface area contributed by atoms with Gasteiger partial charge in [-0.3, -0.25) is 0 Å². The standard InChI is InChI=1S/C11H8Cl2F3N3/c1-2-17-9-6-3-5(12)4-7(13)8(6)18-10(19-9)11(14,15)16/h3-4H,2H2,1H3,(H,17,18,19). The fourth-order valence-electron chi connectivity index (χ4n) is 1.59. The predicted molar refractivity (Wildman–Crippen MR) is 68.7 cm³/mol. The number of nitrogens with one attached hydrogen (secondary N) is 1. The maximum atomic E-state index is 12.7. The summed E-state index contributed by atoms with van der Waals surface area (Å²) < 4.78 is 38.2. The minimum atomic E-state index is -4.64. The third-order valence-corrected chi connectivity index (χ3v) is 2.82. The van der Waals surface area contributed by atoms with Crippen molar-refractivity contribution in [3.05, 3.63) is 28.0 Å². The smallest absolute Gasteiger partial charge is 0.370 e. The second-order valence-electron chi connectivity index (χ2n) is 3.71. The van der Waals surface area contributed by atoms with Crippen LogP contribution in [0.5, 0.6) is 0 Å². The predicted octanol–water partition coefficient (Wildman–Crippen LogP) is 4.39. The van der Waals surface area contributed by atoms with Gasteiger partial charge in [-0.2, -0.15) is 13.2 Å². The molecule has 0 aliphatic rings. The van der Waals surface area contributed by atoms with Crippen LogP contribution in [0.4, 0.5) is 19.0 Å². The van der Waals surface area contributed by atoms with Gasteiger partial charge in [-0.25, -0.2) is 9.97 Å². The van der Waals surface area contributed by atoms with E-state index < -0.39 is 12.0 Å². The average Bonchev–Trinajstić information content (AvgIpc) is 2.28. The highest BCUT2D eigenvalue weighted by Gasteiger charge is 2.35. The van der Waals surface area contributed by atoms with Crippen molar-refractivity contribution in [1.29, 1.82) is 0 Å². The molecule has 1 N–H and O–H groups in total. The molecule has 0 radical (unpaired) electrons. The van der Waals surface area contributed by atoms with E-state index in [2.05, 4.69) is 15.3 Å². The second kappa shape index (κ2) is 5.02. The molecule has 0 fully saturated rings. The lowest BCUT2D eigenvalue weighted by Crippen LogP contribution is -2.13. The van der Waals surface area contributed by atoms with Gasteiger partial charge in [0, 0.05) is 17.0 Å². The van der Waals surface area contributed by atoms with E-state index in [1.165, 1.54) is 12.1 Å². The Morgan fingerprint density at radius 1 is 1.21 bits per heavy atom. The molecule has 1 aromatic carbocycles. The van der Waals surface area contributed by atoms with Gasteiger partial charge in [0.2, 0.25) is 5.82 Å². The molecular formula is C11H8Cl2F3N3. The number of hydrogen-bond donors (Lipinski definition) is 1. The Hall–Kier alpha value is -1.27. The van der Waals surface area contributed by atoms with Crippen molar-refractivity contribution in [1.82, 2.24) is 9.97 Å². The number of benzene rings is 1. The van der Waals surface area contributed by atoms with E-state index in [0.717, 1.165) is 0 Å². The first-order valence-electron chi connectivity index (χ1n) is 5.30. The zero-order chi connectivity index (χ0) is 14.2. The van der Waals surface area contributed by atoms with Gasteiger partial charge in [0.1, 0.15) is 5.82 Å². The van der Waals surface area contributed by atoms with Crippen LogP contribution >= 0.6 is 23.2 Å². The lowest BCUT2D eigenvalue weighted by Gasteiger charge is -2.12. The normalized spacial score (nSPS) is 11.9. The molecule has 0 unspecified atom stereocenters. The molecule has 3 nitrogen and oxygen atoms in total. The van der Waals surface area contributed by atoms with Crippen LogP contribution in [0.3, 0.4) is 0 Å². The van der Waals surface area contributed by atoms with Crippen LogP contribution in [-0.4, -0.2) is 16.5 Å². The molecular weight excluding hydrogens is 302 g/mol. The summed E-state index contributed by atoms with van der Waals surface area (Å²) in [5, 5.41) is 3.46.